The van der Waals surface area contributed by atoms with Crippen molar-refractivity contribution < 1.29 is 38.2 Å². The average molecular weight is 706 g/mol. The number of rotatable bonds is 8. The van der Waals surface area contributed by atoms with E-state index < -0.39 is 12.1 Å². The second kappa shape index (κ2) is 18.3. The first-order valence-electron chi connectivity index (χ1n) is 17.2. The third kappa shape index (κ3) is 10.5. The van der Waals surface area contributed by atoms with Gasteiger partial charge in [-0.1, -0.05) is 92.1 Å². The smallest absolute Gasteiger partial charge is 0.415 e. The largest absolute Gasteiger partial charge is 0.459 e. The second-order valence-electron chi connectivity index (χ2n) is 15.2. The van der Waals surface area contributed by atoms with Gasteiger partial charge in [0.2, 0.25) is 5.88 Å². The van der Waals surface area contributed by atoms with Gasteiger partial charge in [-0.25, -0.2) is 23.9 Å². The van der Waals surface area contributed by atoms with Gasteiger partial charge in [-0.3, -0.25) is 5.10 Å². The SMILES string of the molecule is O=C=O.O=C=O.[C-]#[N+]c1c(C(=O)OC2C(C(C)(C)C)CC(C)CC2C(C)(C)C)c2nc(-c3ccc(C)cc3)[nH]n2c1OC(=O)N(CCC)CCC. The highest BCUT2D eigenvalue weighted by molar-refractivity contribution is 6.05. The van der Waals surface area contributed by atoms with Crippen LogP contribution in [-0.2, 0) is 23.9 Å². The Hall–Kier alpha value is -5.04. The summed E-state index contributed by atoms with van der Waals surface area (Å²) in [6.45, 7) is 30.7. The number of H-pyrrole nitrogens is 1. The van der Waals surface area contributed by atoms with Crippen LogP contribution in [0.5, 0.6) is 5.88 Å². The molecule has 1 N–H and O–H groups in total. The van der Waals surface area contributed by atoms with Crippen molar-refractivity contribution in [1.82, 2.24) is 19.5 Å². The first kappa shape index (κ1) is 42.1. The number of carbonyl (C=O) groups excluding carboxylic acids is 6. The maximum absolute atomic E-state index is 14.4. The maximum atomic E-state index is 14.4. The number of nitrogens with one attached hydrogen (secondary N) is 1. The first-order chi connectivity index (χ1) is 23.9. The van der Waals surface area contributed by atoms with Crippen LogP contribution in [-0.4, -0.2) is 63.1 Å². The van der Waals surface area contributed by atoms with Gasteiger partial charge in [0.05, 0.1) is 6.57 Å². The molecule has 1 saturated carbocycles. The van der Waals surface area contributed by atoms with Gasteiger partial charge in [-0.2, -0.15) is 19.2 Å². The number of hydrogen-bond acceptors (Lipinski definition) is 9. The van der Waals surface area contributed by atoms with Gasteiger partial charge in [0.25, 0.3) is 5.69 Å². The molecule has 51 heavy (non-hydrogen) atoms. The van der Waals surface area contributed by atoms with Gasteiger partial charge in [-0.15, -0.1) is 0 Å². The molecule has 3 aromatic rings. The molecule has 2 heterocycles. The molecule has 0 saturated heterocycles. The van der Waals surface area contributed by atoms with E-state index in [2.05, 4.69) is 58.4 Å². The fourth-order valence-corrected chi connectivity index (χ4v) is 6.73. The Bertz CT molecular complexity index is 1700. The molecular weight excluding hydrogens is 654 g/mol. The number of aromatic nitrogens is 3. The van der Waals surface area contributed by atoms with Crippen molar-refractivity contribution in [3.05, 3.63) is 46.8 Å². The number of carbonyl (C=O) groups is 2. The molecule has 13 heteroatoms. The van der Waals surface area contributed by atoms with Crippen LogP contribution in [0.2, 0.25) is 0 Å². The first-order valence-corrected chi connectivity index (χ1v) is 17.2. The standard InChI is InChI=1S/C36H51N5O4.2CO2/c1-12-18-40(19-13-2)34(43)45-32-28(37-11)27(31-38-30(39-41(31)32)24-16-14-22(3)15-17-24)33(42)44-29-25(35(5,6)7)20-23(4)21-26(29)36(8,9)10;2*2-1-3/h14-17,23,25-26,29H,12-13,18-21H2,1-10H3,(H,38,39);;. The van der Waals surface area contributed by atoms with E-state index in [4.69, 9.17) is 40.2 Å². The highest BCUT2D eigenvalue weighted by Gasteiger charge is 2.48. The number of fused-ring (bicyclic) bond motifs is 1. The van der Waals surface area contributed by atoms with Crippen molar-refractivity contribution in [1.29, 1.82) is 0 Å². The van der Waals surface area contributed by atoms with Gasteiger partial charge in [-0.05, 0) is 49.4 Å². The lowest BCUT2D eigenvalue weighted by Gasteiger charge is -2.50. The second-order valence-corrected chi connectivity index (χ2v) is 15.2. The Kier molecular flexibility index (Phi) is 15.1. The summed E-state index contributed by atoms with van der Waals surface area (Å²) >= 11 is 0. The summed E-state index contributed by atoms with van der Waals surface area (Å²) < 4.78 is 13.9. The molecule has 1 fully saturated rings. The molecule has 1 aromatic carbocycles. The Morgan fingerprint density at radius 3 is 1.88 bits per heavy atom. The molecule has 0 aliphatic heterocycles. The van der Waals surface area contributed by atoms with Crippen LogP contribution in [0.25, 0.3) is 21.9 Å². The van der Waals surface area contributed by atoms with Crippen molar-refractivity contribution in [2.75, 3.05) is 13.1 Å². The summed E-state index contributed by atoms with van der Waals surface area (Å²) in [5, 5.41) is 3.19. The molecule has 2 atom stereocenters. The minimum atomic E-state index is -0.621. The van der Waals surface area contributed by atoms with Gasteiger partial charge in [0.15, 0.2) is 11.5 Å². The molecule has 0 spiro atoms. The third-order valence-electron chi connectivity index (χ3n) is 9.16. The predicted octanol–water partition coefficient (Wildman–Crippen LogP) is 7.92. The molecule has 1 amide bonds. The van der Waals surface area contributed by atoms with E-state index >= 15 is 0 Å². The molecule has 0 radical (unpaired) electrons. The number of hydrogen-bond donors (Lipinski definition) is 1. The number of esters is 1. The van der Waals surface area contributed by atoms with Crippen LogP contribution in [0.3, 0.4) is 0 Å². The molecule has 2 unspecified atom stereocenters. The number of aryl methyl sites for hydroxylation is 1. The summed E-state index contributed by atoms with van der Waals surface area (Å²) in [5.41, 5.74) is 1.82. The summed E-state index contributed by atoms with van der Waals surface area (Å²) in [6.07, 6.45) is 2.99. The topological polar surface area (TPSA) is 162 Å². The minimum absolute atomic E-state index is 0.0129. The number of aromatic amines is 1. The van der Waals surface area contributed by atoms with Crippen LogP contribution in [0.15, 0.2) is 24.3 Å². The molecule has 13 nitrogen and oxygen atoms in total. The zero-order chi connectivity index (χ0) is 38.7. The zero-order valence-electron chi connectivity index (χ0n) is 31.4. The summed E-state index contributed by atoms with van der Waals surface area (Å²) in [7, 11) is 0. The summed E-state index contributed by atoms with van der Waals surface area (Å²) in [6, 6.07) is 7.82. The van der Waals surface area contributed by atoms with E-state index in [1.165, 1.54) is 4.52 Å². The molecule has 1 aliphatic carbocycles. The van der Waals surface area contributed by atoms with Crippen molar-refractivity contribution in [3.63, 3.8) is 0 Å². The van der Waals surface area contributed by atoms with Gasteiger partial charge >= 0.3 is 24.4 Å². The van der Waals surface area contributed by atoms with E-state index in [0.29, 0.717) is 24.8 Å². The quantitative estimate of drug-likeness (QED) is 0.181. The highest BCUT2D eigenvalue weighted by Crippen LogP contribution is 2.50. The van der Waals surface area contributed by atoms with E-state index in [0.717, 1.165) is 36.8 Å². The lowest BCUT2D eigenvalue weighted by atomic mass is 9.59. The van der Waals surface area contributed by atoms with E-state index in [1.807, 2.05) is 45.0 Å². The molecule has 1 aliphatic rings. The van der Waals surface area contributed by atoms with E-state index in [9.17, 15) is 9.59 Å². The fraction of sp³-hybridized carbons (Fsp3) is 0.579. The maximum Gasteiger partial charge on any atom is 0.415 e. The Morgan fingerprint density at radius 1 is 0.961 bits per heavy atom. The Labute approximate surface area is 299 Å². The fourth-order valence-electron chi connectivity index (χ4n) is 6.73. The number of benzene rings is 1. The molecule has 0 bridgehead atoms. The normalized spacial score (nSPS) is 18.5. The van der Waals surface area contributed by atoms with Gasteiger partial charge < -0.3 is 14.4 Å². The summed E-state index contributed by atoms with van der Waals surface area (Å²) in [4.78, 5) is 70.4. The number of nitrogens with zero attached hydrogens (tertiary/aromatic N) is 4. The van der Waals surface area contributed by atoms with Crippen molar-refractivity contribution in [2.45, 2.75) is 101 Å². The third-order valence-corrected chi connectivity index (χ3v) is 9.16. The lowest BCUT2D eigenvalue weighted by Crippen LogP contribution is -2.49. The monoisotopic (exact) mass is 705 g/mol. The lowest BCUT2D eigenvalue weighted by molar-refractivity contribution is -0.193. The van der Waals surface area contributed by atoms with E-state index in [-0.39, 0.29) is 63.9 Å². The van der Waals surface area contributed by atoms with Crippen molar-refractivity contribution in [3.8, 4) is 17.3 Å². The van der Waals surface area contributed by atoms with Crippen molar-refractivity contribution >= 4 is 35.7 Å². The highest BCUT2D eigenvalue weighted by atomic mass is 16.6. The van der Waals surface area contributed by atoms with Crippen molar-refractivity contribution in [2.24, 2.45) is 28.6 Å². The van der Waals surface area contributed by atoms with E-state index in [1.54, 1.807) is 4.90 Å². The molecule has 2 aromatic heterocycles. The van der Waals surface area contributed by atoms with Crippen LogP contribution in [0, 0.1) is 42.1 Å². The average Bonchev–Trinajstić information content (AvgIpc) is 3.59. The van der Waals surface area contributed by atoms with Crippen LogP contribution < -0.4 is 4.74 Å². The number of ether oxygens (including phenoxy) is 2. The van der Waals surface area contributed by atoms with Crippen LogP contribution in [0.4, 0.5) is 10.5 Å². The molecular formula is C38H51N5O8. The Morgan fingerprint density at radius 2 is 1.45 bits per heavy atom. The van der Waals surface area contributed by atoms with Crippen LogP contribution in [0.1, 0.15) is 104 Å². The van der Waals surface area contributed by atoms with Gasteiger partial charge in [0.1, 0.15) is 11.7 Å². The molecule has 4 rings (SSSR count). The van der Waals surface area contributed by atoms with Crippen LogP contribution >= 0.6 is 0 Å². The molecule has 276 valence electrons. The zero-order valence-corrected chi connectivity index (χ0v) is 31.4. The summed E-state index contributed by atoms with van der Waals surface area (Å²) in [5.74, 6) is 0.553. The minimum Gasteiger partial charge on any atom is -0.459 e. The Balaban J connectivity index is 0.00000140. The predicted molar refractivity (Wildman–Crippen MR) is 188 cm³/mol. The number of amides is 1. The van der Waals surface area contributed by atoms with Gasteiger partial charge in [0, 0.05) is 30.5 Å².